The van der Waals surface area contributed by atoms with E-state index in [1.54, 1.807) is 0 Å². The number of nitrogens with zero attached hydrogens (tertiary/aromatic N) is 2. The van der Waals surface area contributed by atoms with Gasteiger partial charge in [-0.3, -0.25) is 0 Å². The number of anilines is 1. The van der Waals surface area contributed by atoms with Crippen molar-refractivity contribution in [2.24, 2.45) is 11.7 Å². The van der Waals surface area contributed by atoms with E-state index in [-0.39, 0.29) is 5.56 Å². The van der Waals surface area contributed by atoms with Gasteiger partial charge in [-0.25, -0.2) is 0 Å². The Hall–Kier alpha value is -1.74. The van der Waals surface area contributed by atoms with E-state index in [0.29, 0.717) is 24.7 Å². The number of hydrogen-bond donors (Lipinski definition) is 1. The second kappa shape index (κ2) is 5.10. The van der Waals surface area contributed by atoms with Gasteiger partial charge >= 0.3 is 6.18 Å². The van der Waals surface area contributed by atoms with Crippen LogP contribution in [0.3, 0.4) is 0 Å². The summed E-state index contributed by atoms with van der Waals surface area (Å²) in [5.74, 6) is 0.342. The molecule has 102 valence electrons. The van der Waals surface area contributed by atoms with E-state index >= 15 is 0 Å². The van der Waals surface area contributed by atoms with E-state index < -0.39 is 11.7 Å². The third-order valence-corrected chi connectivity index (χ3v) is 3.40. The Kier molecular flexibility index (Phi) is 3.67. The van der Waals surface area contributed by atoms with Gasteiger partial charge in [0, 0.05) is 13.1 Å². The lowest BCUT2D eigenvalue weighted by molar-refractivity contribution is -0.137. The third kappa shape index (κ3) is 2.82. The van der Waals surface area contributed by atoms with Crippen LogP contribution in [0.2, 0.25) is 0 Å². The van der Waals surface area contributed by atoms with Crippen LogP contribution in [-0.4, -0.2) is 19.6 Å². The van der Waals surface area contributed by atoms with Crippen molar-refractivity contribution in [1.82, 2.24) is 0 Å². The van der Waals surface area contributed by atoms with Crippen LogP contribution in [0, 0.1) is 17.2 Å². The lowest BCUT2D eigenvalue weighted by Crippen LogP contribution is -2.23. The quantitative estimate of drug-likeness (QED) is 0.896. The fourth-order valence-corrected chi connectivity index (χ4v) is 2.32. The topological polar surface area (TPSA) is 53.0 Å². The molecule has 3 nitrogen and oxygen atoms in total. The highest BCUT2D eigenvalue weighted by Gasteiger charge is 2.32. The molecule has 1 fully saturated rings. The highest BCUT2D eigenvalue weighted by molar-refractivity contribution is 5.61. The van der Waals surface area contributed by atoms with Crippen LogP contribution < -0.4 is 10.6 Å². The van der Waals surface area contributed by atoms with Crippen molar-refractivity contribution in [2.75, 3.05) is 24.5 Å². The Balaban J connectivity index is 2.30. The average Bonchev–Trinajstić information content (AvgIpc) is 2.85. The molecule has 1 aliphatic heterocycles. The minimum absolute atomic E-state index is 0.0625. The van der Waals surface area contributed by atoms with Crippen molar-refractivity contribution in [1.29, 1.82) is 5.26 Å². The van der Waals surface area contributed by atoms with Crippen molar-refractivity contribution in [3.8, 4) is 6.07 Å². The number of rotatable bonds is 2. The van der Waals surface area contributed by atoms with Gasteiger partial charge in [-0.15, -0.1) is 0 Å². The molecule has 1 saturated heterocycles. The molecule has 1 heterocycles. The Morgan fingerprint density at radius 1 is 1.42 bits per heavy atom. The van der Waals surface area contributed by atoms with Crippen LogP contribution in [0.15, 0.2) is 18.2 Å². The summed E-state index contributed by atoms with van der Waals surface area (Å²) in [4.78, 5) is 1.93. The molecule has 1 aliphatic rings. The molecule has 1 atom stereocenters. The van der Waals surface area contributed by atoms with Crippen LogP contribution in [0.4, 0.5) is 18.9 Å². The summed E-state index contributed by atoms with van der Waals surface area (Å²) in [6.07, 6.45) is -3.52. The molecule has 0 amide bonds. The maximum absolute atomic E-state index is 12.6. The van der Waals surface area contributed by atoms with Gasteiger partial charge in [0.1, 0.15) is 6.07 Å². The molecule has 0 spiro atoms. The molecule has 0 radical (unpaired) electrons. The highest BCUT2D eigenvalue weighted by atomic mass is 19.4. The van der Waals surface area contributed by atoms with Gasteiger partial charge in [-0.2, -0.15) is 18.4 Å². The predicted molar refractivity (Wildman–Crippen MR) is 65.5 cm³/mol. The van der Waals surface area contributed by atoms with E-state index in [1.165, 1.54) is 6.07 Å². The van der Waals surface area contributed by atoms with Gasteiger partial charge in [0.15, 0.2) is 0 Å². The number of nitrogens with two attached hydrogens (primary N) is 1. The molecule has 0 bridgehead atoms. The lowest BCUT2D eigenvalue weighted by atomic mass is 10.1. The van der Waals surface area contributed by atoms with Gasteiger partial charge in [-0.1, -0.05) is 0 Å². The minimum atomic E-state index is -4.42. The number of hydrogen-bond acceptors (Lipinski definition) is 3. The molecule has 1 aromatic rings. The van der Waals surface area contributed by atoms with Crippen LogP contribution >= 0.6 is 0 Å². The third-order valence-electron chi connectivity index (χ3n) is 3.40. The predicted octanol–water partition coefficient (Wildman–Crippen LogP) is 2.36. The molecule has 0 saturated carbocycles. The first kappa shape index (κ1) is 13.7. The van der Waals surface area contributed by atoms with Crippen molar-refractivity contribution in [3.63, 3.8) is 0 Å². The second-order valence-electron chi connectivity index (χ2n) is 4.68. The second-order valence-corrected chi connectivity index (χ2v) is 4.68. The van der Waals surface area contributed by atoms with Crippen molar-refractivity contribution in [3.05, 3.63) is 29.3 Å². The molecule has 6 heteroatoms. The molecule has 1 aromatic carbocycles. The molecular weight excluding hydrogens is 255 g/mol. The lowest BCUT2D eigenvalue weighted by Gasteiger charge is -2.20. The first-order valence-electron chi connectivity index (χ1n) is 6.02. The summed E-state index contributed by atoms with van der Waals surface area (Å²) in [6, 6.07) is 5.15. The zero-order chi connectivity index (χ0) is 14.0. The summed E-state index contributed by atoms with van der Waals surface area (Å²) >= 11 is 0. The maximum Gasteiger partial charge on any atom is 0.416 e. The van der Waals surface area contributed by atoms with E-state index in [2.05, 4.69) is 0 Å². The fourth-order valence-electron chi connectivity index (χ4n) is 2.32. The summed E-state index contributed by atoms with van der Waals surface area (Å²) in [7, 11) is 0. The first-order valence-corrected chi connectivity index (χ1v) is 6.02. The normalized spacial score (nSPS) is 19.5. The fraction of sp³-hybridized carbons (Fsp3) is 0.462. The average molecular weight is 269 g/mol. The van der Waals surface area contributed by atoms with Gasteiger partial charge in [0.05, 0.1) is 16.8 Å². The van der Waals surface area contributed by atoms with Crippen molar-refractivity contribution >= 4 is 5.69 Å². The Morgan fingerprint density at radius 2 is 2.16 bits per heavy atom. The Labute approximate surface area is 109 Å². The summed E-state index contributed by atoms with van der Waals surface area (Å²) in [6.45, 7) is 1.97. The van der Waals surface area contributed by atoms with Crippen LogP contribution in [0.1, 0.15) is 17.5 Å². The van der Waals surface area contributed by atoms with E-state index in [9.17, 15) is 13.2 Å². The standard InChI is InChI=1S/C13H14F3N3/c14-13(15,16)11-1-2-12(10(5-11)7-18)19-4-3-9(6-17)8-19/h1-2,5,9H,3-4,6,8,17H2. The smallest absolute Gasteiger partial charge is 0.370 e. The van der Waals surface area contributed by atoms with Crippen LogP contribution in [0.5, 0.6) is 0 Å². The van der Waals surface area contributed by atoms with Gasteiger partial charge in [-0.05, 0) is 37.1 Å². The molecule has 0 aromatic heterocycles. The summed E-state index contributed by atoms with van der Waals surface area (Å²) in [5.41, 5.74) is 5.42. The zero-order valence-electron chi connectivity index (χ0n) is 10.2. The minimum Gasteiger partial charge on any atom is -0.370 e. The van der Waals surface area contributed by atoms with Gasteiger partial charge in [0.25, 0.3) is 0 Å². The monoisotopic (exact) mass is 269 g/mol. The Morgan fingerprint density at radius 3 is 2.68 bits per heavy atom. The molecule has 1 unspecified atom stereocenters. The van der Waals surface area contributed by atoms with E-state index in [1.807, 2.05) is 11.0 Å². The number of benzene rings is 1. The number of alkyl halides is 3. The van der Waals surface area contributed by atoms with Crippen LogP contribution in [0.25, 0.3) is 0 Å². The molecule has 0 aliphatic carbocycles. The maximum atomic E-state index is 12.6. The highest BCUT2D eigenvalue weighted by Crippen LogP contribution is 2.34. The molecule has 2 rings (SSSR count). The summed E-state index contributed by atoms with van der Waals surface area (Å²) in [5, 5.41) is 9.02. The molecular formula is C13H14F3N3. The van der Waals surface area contributed by atoms with E-state index in [4.69, 9.17) is 11.0 Å². The van der Waals surface area contributed by atoms with Crippen LogP contribution in [-0.2, 0) is 6.18 Å². The van der Waals surface area contributed by atoms with Gasteiger partial charge in [0.2, 0.25) is 0 Å². The van der Waals surface area contributed by atoms with E-state index in [0.717, 1.165) is 25.1 Å². The summed E-state index contributed by atoms with van der Waals surface area (Å²) < 4.78 is 37.8. The zero-order valence-corrected chi connectivity index (χ0v) is 10.2. The van der Waals surface area contributed by atoms with Crippen molar-refractivity contribution in [2.45, 2.75) is 12.6 Å². The molecule has 2 N–H and O–H groups in total. The van der Waals surface area contributed by atoms with Crippen molar-refractivity contribution < 1.29 is 13.2 Å². The Bertz CT molecular complexity index is 505. The number of nitriles is 1. The SMILES string of the molecule is N#Cc1cc(C(F)(F)F)ccc1N1CCC(CN)C1. The largest absolute Gasteiger partial charge is 0.416 e. The van der Waals surface area contributed by atoms with Gasteiger partial charge < -0.3 is 10.6 Å². The first-order chi connectivity index (χ1) is 8.95. The molecule has 19 heavy (non-hydrogen) atoms. The number of halogens is 3.